The van der Waals surface area contributed by atoms with Crippen LogP contribution in [-0.4, -0.2) is 38.4 Å². The zero-order valence-electron chi connectivity index (χ0n) is 14.1. The molecule has 1 aliphatic rings. The molecule has 1 aliphatic carbocycles. The average Bonchev–Trinajstić information content (AvgIpc) is 3.29. The van der Waals surface area contributed by atoms with Gasteiger partial charge in [-0.1, -0.05) is 6.92 Å². The molecule has 1 aromatic carbocycles. The van der Waals surface area contributed by atoms with Gasteiger partial charge in [0.15, 0.2) is 0 Å². The van der Waals surface area contributed by atoms with Crippen molar-refractivity contribution in [3.63, 3.8) is 0 Å². The Morgan fingerprint density at radius 1 is 1.26 bits per heavy atom. The molecule has 0 bridgehead atoms. The summed E-state index contributed by atoms with van der Waals surface area (Å²) < 4.78 is 26.8. The van der Waals surface area contributed by atoms with Crippen LogP contribution in [0.3, 0.4) is 0 Å². The highest BCUT2D eigenvalue weighted by atomic mass is 32.2. The second kappa shape index (κ2) is 7.45. The van der Waals surface area contributed by atoms with Gasteiger partial charge in [-0.3, -0.25) is 4.79 Å². The molecular formula is C17H26N2O3S. The molecule has 0 atom stereocenters. The van der Waals surface area contributed by atoms with Crippen molar-refractivity contribution in [1.82, 2.24) is 9.62 Å². The molecule has 0 aromatic heterocycles. The molecule has 0 spiro atoms. The highest BCUT2D eigenvalue weighted by Gasteiger charge is 2.27. The minimum atomic E-state index is -3.52. The maximum absolute atomic E-state index is 12.6. The molecule has 0 radical (unpaired) electrons. The van der Waals surface area contributed by atoms with Gasteiger partial charge in [-0.2, -0.15) is 0 Å². The molecular weight excluding hydrogens is 312 g/mol. The van der Waals surface area contributed by atoms with E-state index in [-0.39, 0.29) is 16.8 Å². The Bertz CT molecular complexity index is 634. The standard InChI is InChI=1S/C17H26N2O3S/c1-4-11-19(12-14-5-6-14)17(20)15-7-9-16(10-8-15)23(21,22)18-13(2)3/h7-10,13-14,18H,4-6,11-12H2,1-3H3. The van der Waals surface area contributed by atoms with Gasteiger partial charge in [0.05, 0.1) is 4.90 Å². The number of amides is 1. The minimum absolute atomic E-state index is 0.0143. The summed E-state index contributed by atoms with van der Waals surface area (Å²) in [5, 5.41) is 0. The van der Waals surface area contributed by atoms with E-state index in [0.29, 0.717) is 11.5 Å². The van der Waals surface area contributed by atoms with Crippen LogP contribution in [0, 0.1) is 5.92 Å². The van der Waals surface area contributed by atoms with Gasteiger partial charge in [0, 0.05) is 24.7 Å². The lowest BCUT2D eigenvalue weighted by molar-refractivity contribution is 0.0747. The summed E-state index contributed by atoms with van der Waals surface area (Å²) in [5.74, 6) is 0.625. The summed E-state index contributed by atoms with van der Waals surface area (Å²) in [7, 11) is -3.52. The molecule has 128 valence electrons. The first-order chi connectivity index (χ1) is 10.8. The highest BCUT2D eigenvalue weighted by Crippen LogP contribution is 2.30. The summed E-state index contributed by atoms with van der Waals surface area (Å²) >= 11 is 0. The van der Waals surface area contributed by atoms with Gasteiger partial charge in [0.1, 0.15) is 0 Å². The van der Waals surface area contributed by atoms with Crippen LogP contribution in [0.5, 0.6) is 0 Å². The molecule has 1 amide bonds. The normalized spacial score (nSPS) is 15.0. The van der Waals surface area contributed by atoms with Crippen molar-refractivity contribution in [2.45, 2.75) is 51.0 Å². The number of sulfonamides is 1. The van der Waals surface area contributed by atoms with Crippen LogP contribution < -0.4 is 4.72 Å². The zero-order chi connectivity index (χ0) is 17.0. The van der Waals surface area contributed by atoms with Crippen LogP contribution in [0.25, 0.3) is 0 Å². The monoisotopic (exact) mass is 338 g/mol. The van der Waals surface area contributed by atoms with E-state index >= 15 is 0 Å². The third-order valence-electron chi connectivity index (χ3n) is 3.76. The first kappa shape index (κ1) is 17.9. The lowest BCUT2D eigenvalue weighted by atomic mass is 10.2. The van der Waals surface area contributed by atoms with Gasteiger partial charge in [-0.05, 0) is 63.3 Å². The van der Waals surface area contributed by atoms with Crippen LogP contribution >= 0.6 is 0 Å². The Kier molecular flexibility index (Phi) is 5.81. The summed E-state index contributed by atoms with van der Waals surface area (Å²) in [6.45, 7) is 7.15. The SMILES string of the molecule is CCCN(CC1CC1)C(=O)c1ccc(S(=O)(=O)NC(C)C)cc1. The third kappa shape index (κ3) is 5.04. The molecule has 0 unspecified atom stereocenters. The maximum atomic E-state index is 12.6. The van der Waals surface area contributed by atoms with E-state index in [1.54, 1.807) is 26.0 Å². The molecule has 1 aromatic rings. The zero-order valence-corrected chi connectivity index (χ0v) is 14.9. The second-order valence-corrected chi connectivity index (χ2v) is 8.21. The quantitative estimate of drug-likeness (QED) is 0.792. The van der Waals surface area contributed by atoms with Crippen molar-refractivity contribution in [3.05, 3.63) is 29.8 Å². The van der Waals surface area contributed by atoms with Crippen molar-refractivity contribution in [3.8, 4) is 0 Å². The molecule has 1 fully saturated rings. The Balaban J connectivity index is 2.12. The van der Waals surface area contributed by atoms with Crippen LogP contribution in [0.15, 0.2) is 29.2 Å². The minimum Gasteiger partial charge on any atom is -0.338 e. The number of hydrogen-bond donors (Lipinski definition) is 1. The first-order valence-electron chi connectivity index (χ1n) is 8.25. The van der Waals surface area contributed by atoms with Crippen LogP contribution in [-0.2, 0) is 10.0 Å². The number of benzene rings is 1. The van der Waals surface area contributed by atoms with Crippen LogP contribution in [0.4, 0.5) is 0 Å². The van der Waals surface area contributed by atoms with Crippen molar-refractivity contribution in [2.24, 2.45) is 5.92 Å². The topological polar surface area (TPSA) is 66.5 Å². The maximum Gasteiger partial charge on any atom is 0.253 e. The van der Waals surface area contributed by atoms with Gasteiger partial charge in [0.2, 0.25) is 10.0 Å². The Labute approximate surface area is 139 Å². The fourth-order valence-corrected chi connectivity index (χ4v) is 3.75. The molecule has 0 aliphatic heterocycles. The molecule has 0 saturated heterocycles. The largest absolute Gasteiger partial charge is 0.338 e. The second-order valence-electron chi connectivity index (χ2n) is 6.49. The van der Waals surface area contributed by atoms with Crippen LogP contribution in [0.1, 0.15) is 50.4 Å². The van der Waals surface area contributed by atoms with Crippen molar-refractivity contribution >= 4 is 15.9 Å². The van der Waals surface area contributed by atoms with Crippen molar-refractivity contribution in [1.29, 1.82) is 0 Å². The van der Waals surface area contributed by atoms with Crippen molar-refractivity contribution < 1.29 is 13.2 Å². The van der Waals surface area contributed by atoms with Gasteiger partial charge in [-0.15, -0.1) is 0 Å². The highest BCUT2D eigenvalue weighted by molar-refractivity contribution is 7.89. The van der Waals surface area contributed by atoms with E-state index in [4.69, 9.17) is 0 Å². The predicted octanol–water partition coefficient (Wildman–Crippen LogP) is 2.64. The molecule has 6 heteroatoms. The van der Waals surface area contributed by atoms with E-state index in [2.05, 4.69) is 11.6 Å². The molecule has 5 nitrogen and oxygen atoms in total. The van der Waals surface area contributed by atoms with Crippen LogP contribution in [0.2, 0.25) is 0 Å². The lowest BCUT2D eigenvalue weighted by Gasteiger charge is -2.22. The smallest absolute Gasteiger partial charge is 0.253 e. The molecule has 2 rings (SSSR count). The summed E-state index contributed by atoms with van der Waals surface area (Å²) in [5.41, 5.74) is 0.544. The fourth-order valence-electron chi connectivity index (χ4n) is 2.50. The number of nitrogens with one attached hydrogen (secondary N) is 1. The fraction of sp³-hybridized carbons (Fsp3) is 0.588. The number of nitrogens with zero attached hydrogens (tertiary/aromatic N) is 1. The summed E-state index contributed by atoms with van der Waals surface area (Å²) in [4.78, 5) is 14.7. The molecule has 1 N–H and O–H groups in total. The Morgan fingerprint density at radius 3 is 2.35 bits per heavy atom. The predicted molar refractivity (Wildman–Crippen MR) is 90.8 cm³/mol. The van der Waals surface area contributed by atoms with Gasteiger partial charge < -0.3 is 4.90 Å². The van der Waals surface area contributed by atoms with Gasteiger partial charge >= 0.3 is 0 Å². The molecule has 1 saturated carbocycles. The summed E-state index contributed by atoms with van der Waals surface area (Å²) in [6.07, 6.45) is 3.32. The Morgan fingerprint density at radius 2 is 1.87 bits per heavy atom. The number of rotatable bonds is 8. The number of carbonyl (C=O) groups excluding carboxylic acids is 1. The van der Waals surface area contributed by atoms with E-state index < -0.39 is 10.0 Å². The van der Waals surface area contributed by atoms with E-state index in [1.165, 1.54) is 25.0 Å². The molecule has 23 heavy (non-hydrogen) atoms. The summed E-state index contributed by atoms with van der Waals surface area (Å²) in [6, 6.07) is 6.04. The number of carbonyl (C=O) groups is 1. The van der Waals surface area contributed by atoms with Gasteiger partial charge in [-0.25, -0.2) is 13.1 Å². The van der Waals surface area contributed by atoms with E-state index in [1.807, 2.05) is 4.90 Å². The van der Waals surface area contributed by atoms with E-state index in [9.17, 15) is 13.2 Å². The molecule has 0 heterocycles. The van der Waals surface area contributed by atoms with Gasteiger partial charge in [0.25, 0.3) is 5.91 Å². The average molecular weight is 338 g/mol. The number of hydrogen-bond acceptors (Lipinski definition) is 3. The first-order valence-corrected chi connectivity index (χ1v) is 9.73. The van der Waals surface area contributed by atoms with Crippen molar-refractivity contribution in [2.75, 3.05) is 13.1 Å². The lowest BCUT2D eigenvalue weighted by Crippen LogP contribution is -2.33. The third-order valence-corrected chi connectivity index (χ3v) is 5.43. The Hall–Kier alpha value is -1.40. The van der Waals surface area contributed by atoms with E-state index in [0.717, 1.165) is 19.5 Å².